The van der Waals surface area contributed by atoms with Crippen LogP contribution in [0.5, 0.6) is 5.75 Å². The highest BCUT2D eigenvalue weighted by Gasteiger charge is 2.16. The Morgan fingerprint density at radius 3 is 2.62 bits per heavy atom. The van der Waals surface area contributed by atoms with E-state index in [4.69, 9.17) is 16.3 Å². The summed E-state index contributed by atoms with van der Waals surface area (Å²) in [5.74, 6) is 0.541. The summed E-state index contributed by atoms with van der Waals surface area (Å²) in [6.45, 7) is 0.0533. The monoisotopic (exact) mass is 389 g/mol. The Hall–Kier alpha value is -1.08. The van der Waals surface area contributed by atoms with Gasteiger partial charge in [-0.2, -0.15) is 0 Å². The summed E-state index contributed by atoms with van der Waals surface area (Å²) in [6.07, 6.45) is 0. The second-order valence-electron chi connectivity index (χ2n) is 4.20. The van der Waals surface area contributed by atoms with Gasteiger partial charge in [0.25, 0.3) is 0 Å². The third-order valence-electron chi connectivity index (χ3n) is 2.84. The summed E-state index contributed by atoms with van der Waals surface area (Å²) >= 11 is 9.34. The van der Waals surface area contributed by atoms with Crippen molar-refractivity contribution in [3.8, 4) is 5.75 Å². The number of nitrogens with one attached hydrogen (secondary N) is 1. The molecule has 2 rings (SSSR count). The maximum absolute atomic E-state index is 12.3. The summed E-state index contributed by atoms with van der Waals surface area (Å²) in [6, 6.07) is 11.6. The number of methoxy groups -OCH3 is 1. The number of hydrogen-bond acceptors (Lipinski definition) is 3. The molecule has 0 saturated heterocycles. The SMILES string of the molecule is COc1cccc(Cl)c1CNS(=O)(=O)c1cccc(Br)c1. The number of ether oxygens (including phenoxy) is 1. The van der Waals surface area contributed by atoms with E-state index < -0.39 is 10.0 Å². The lowest BCUT2D eigenvalue weighted by atomic mass is 10.2. The number of sulfonamides is 1. The van der Waals surface area contributed by atoms with Gasteiger partial charge in [-0.15, -0.1) is 0 Å². The van der Waals surface area contributed by atoms with Gasteiger partial charge in [0.2, 0.25) is 10.0 Å². The van der Waals surface area contributed by atoms with E-state index in [1.807, 2.05) is 0 Å². The first-order valence-electron chi connectivity index (χ1n) is 6.00. The fraction of sp³-hybridized carbons (Fsp3) is 0.143. The van der Waals surface area contributed by atoms with Gasteiger partial charge in [-0.25, -0.2) is 13.1 Å². The average Bonchev–Trinajstić information content (AvgIpc) is 2.45. The molecule has 0 bridgehead atoms. The van der Waals surface area contributed by atoms with Crippen molar-refractivity contribution in [3.05, 3.63) is 57.5 Å². The van der Waals surface area contributed by atoms with Crippen molar-refractivity contribution < 1.29 is 13.2 Å². The standard InChI is InChI=1S/C14H13BrClNO3S/c1-20-14-7-3-6-13(16)12(14)9-17-21(18,19)11-5-2-4-10(15)8-11/h2-8,17H,9H2,1H3. The van der Waals surface area contributed by atoms with Gasteiger partial charge in [0.15, 0.2) is 0 Å². The minimum absolute atomic E-state index is 0.0533. The second kappa shape index (κ2) is 6.79. The molecule has 0 aromatic heterocycles. The van der Waals surface area contributed by atoms with E-state index in [0.29, 0.717) is 20.8 Å². The Labute approximate surface area is 137 Å². The van der Waals surface area contributed by atoms with Crippen molar-refractivity contribution in [3.63, 3.8) is 0 Å². The fourth-order valence-corrected chi connectivity index (χ4v) is 3.61. The molecule has 2 aromatic carbocycles. The molecule has 0 aliphatic carbocycles. The zero-order valence-electron chi connectivity index (χ0n) is 11.1. The molecule has 0 saturated carbocycles. The largest absolute Gasteiger partial charge is 0.496 e. The Morgan fingerprint density at radius 1 is 1.24 bits per heavy atom. The van der Waals surface area contributed by atoms with Crippen LogP contribution in [0.1, 0.15) is 5.56 Å². The molecule has 0 aliphatic heterocycles. The second-order valence-corrected chi connectivity index (χ2v) is 7.29. The maximum atomic E-state index is 12.3. The molecule has 0 radical (unpaired) electrons. The quantitative estimate of drug-likeness (QED) is 0.849. The summed E-state index contributed by atoms with van der Waals surface area (Å²) < 4.78 is 32.9. The van der Waals surface area contributed by atoms with Crippen LogP contribution in [0.25, 0.3) is 0 Å². The van der Waals surface area contributed by atoms with Crippen molar-refractivity contribution in [1.29, 1.82) is 0 Å². The van der Waals surface area contributed by atoms with Crippen molar-refractivity contribution in [1.82, 2.24) is 4.72 Å². The lowest BCUT2D eigenvalue weighted by molar-refractivity contribution is 0.409. The van der Waals surface area contributed by atoms with Gasteiger partial charge in [-0.05, 0) is 30.3 Å². The van der Waals surface area contributed by atoms with Crippen LogP contribution in [0.4, 0.5) is 0 Å². The lowest BCUT2D eigenvalue weighted by Gasteiger charge is -2.12. The predicted molar refractivity (Wildman–Crippen MR) is 86.2 cm³/mol. The number of hydrogen-bond donors (Lipinski definition) is 1. The van der Waals surface area contributed by atoms with E-state index in [1.165, 1.54) is 19.2 Å². The molecule has 7 heteroatoms. The van der Waals surface area contributed by atoms with Gasteiger partial charge in [-0.1, -0.05) is 39.7 Å². The first-order chi connectivity index (χ1) is 9.94. The van der Waals surface area contributed by atoms with E-state index >= 15 is 0 Å². The average molecular weight is 391 g/mol. The molecular weight excluding hydrogens is 378 g/mol. The smallest absolute Gasteiger partial charge is 0.240 e. The Balaban J connectivity index is 2.24. The molecule has 0 unspecified atom stereocenters. The summed E-state index contributed by atoms with van der Waals surface area (Å²) in [7, 11) is -2.11. The zero-order valence-corrected chi connectivity index (χ0v) is 14.3. The van der Waals surface area contributed by atoms with E-state index in [0.717, 1.165) is 0 Å². The highest BCUT2D eigenvalue weighted by atomic mass is 79.9. The Bertz CT molecular complexity index is 750. The summed E-state index contributed by atoms with van der Waals surface area (Å²) in [5.41, 5.74) is 0.597. The van der Waals surface area contributed by atoms with Gasteiger partial charge in [-0.3, -0.25) is 0 Å². The molecule has 4 nitrogen and oxygen atoms in total. The van der Waals surface area contributed by atoms with Gasteiger partial charge in [0.1, 0.15) is 5.75 Å². The third kappa shape index (κ3) is 3.97. The lowest BCUT2D eigenvalue weighted by Crippen LogP contribution is -2.23. The predicted octanol–water partition coefficient (Wildman–Crippen LogP) is 3.59. The molecule has 0 spiro atoms. The van der Waals surface area contributed by atoms with Gasteiger partial charge < -0.3 is 4.74 Å². The number of halogens is 2. The topological polar surface area (TPSA) is 55.4 Å². The van der Waals surface area contributed by atoms with Crippen LogP contribution >= 0.6 is 27.5 Å². The fourth-order valence-electron chi connectivity index (χ4n) is 1.79. The van der Waals surface area contributed by atoms with Gasteiger partial charge >= 0.3 is 0 Å². The molecule has 0 fully saturated rings. The summed E-state index contributed by atoms with van der Waals surface area (Å²) in [4.78, 5) is 0.183. The van der Waals surface area contributed by atoms with E-state index in [-0.39, 0.29) is 11.4 Å². The van der Waals surface area contributed by atoms with Crippen LogP contribution in [0.3, 0.4) is 0 Å². The van der Waals surface area contributed by atoms with Crippen molar-refractivity contribution >= 4 is 37.6 Å². The molecule has 0 amide bonds. The number of rotatable bonds is 5. The van der Waals surface area contributed by atoms with E-state index in [9.17, 15) is 8.42 Å². The van der Waals surface area contributed by atoms with Crippen molar-refractivity contribution in [2.45, 2.75) is 11.4 Å². The van der Waals surface area contributed by atoms with Crippen LogP contribution < -0.4 is 9.46 Å². The van der Waals surface area contributed by atoms with E-state index in [2.05, 4.69) is 20.7 Å². The number of benzene rings is 2. The van der Waals surface area contributed by atoms with Crippen LogP contribution in [-0.2, 0) is 16.6 Å². The minimum atomic E-state index is -3.62. The normalized spacial score (nSPS) is 11.4. The minimum Gasteiger partial charge on any atom is -0.496 e. The molecular formula is C14H13BrClNO3S. The Kier molecular flexibility index (Phi) is 5.27. The first-order valence-corrected chi connectivity index (χ1v) is 8.66. The molecule has 2 aromatic rings. The first kappa shape index (κ1) is 16.3. The summed E-state index contributed by atoms with van der Waals surface area (Å²) in [5, 5.41) is 0.450. The van der Waals surface area contributed by atoms with Crippen molar-refractivity contribution in [2.24, 2.45) is 0 Å². The highest BCUT2D eigenvalue weighted by Crippen LogP contribution is 2.26. The maximum Gasteiger partial charge on any atom is 0.240 e. The zero-order chi connectivity index (χ0) is 15.5. The highest BCUT2D eigenvalue weighted by molar-refractivity contribution is 9.10. The molecule has 21 heavy (non-hydrogen) atoms. The van der Waals surface area contributed by atoms with Crippen LogP contribution in [0.2, 0.25) is 5.02 Å². The molecule has 1 N–H and O–H groups in total. The molecule has 0 aliphatic rings. The molecule has 0 atom stereocenters. The van der Waals surface area contributed by atoms with Crippen LogP contribution in [-0.4, -0.2) is 15.5 Å². The third-order valence-corrected chi connectivity index (χ3v) is 5.09. The van der Waals surface area contributed by atoms with Crippen LogP contribution in [0.15, 0.2) is 51.8 Å². The molecule has 112 valence electrons. The van der Waals surface area contributed by atoms with Gasteiger partial charge in [0, 0.05) is 21.6 Å². The van der Waals surface area contributed by atoms with Crippen molar-refractivity contribution in [2.75, 3.05) is 7.11 Å². The van der Waals surface area contributed by atoms with Gasteiger partial charge in [0.05, 0.1) is 12.0 Å². The van der Waals surface area contributed by atoms with E-state index in [1.54, 1.807) is 30.3 Å². The molecule has 0 heterocycles. The van der Waals surface area contributed by atoms with Crippen LogP contribution in [0, 0.1) is 0 Å². The Morgan fingerprint density at radius 2 is 1.95 bits per heavy atom.